The lowest BCUT2D eigenvalue weighted by atomic mass is 10.3. The minimum atomic E-state index is 0.0569. The van der Waals surface area contributed by atoms with Crippen LogP contribution in [0.1, 0.15) is 25.7 Å². The zero-order chi connectivity index (χ0) is 8.81. The van der Waals surface area contributed by atoms with Gasteiger partial charge in [0.2, 0.25) is 5.91 Å². The van der Waals surface area contributed by atoms with Crippen molar-refractivity contribution in [3.05, 3.63) is 0 Å². The van der Waals surface area contributed by atoms with Gasteiger partial charge >= 0.3 is 0 Å². The lowest BCUT2D eigenvalue weighted by Crippen LogP contribution is -2.19. The van der Waals surface area contributed by atoms with Crippen LogP contribution >= 0.6 is 0 Å². The molecular weight excluding hydrogens is 154 g/mol. The maximum absolute atomic E-state index is 10.7. The van der Waals surface area contributed by atoms with Gasteiger partial charge in [0.15, 0.2) is 0 Å². The molecule has 0 spiro atoms. The van der Waals surface area contributed by atoms with Crippen molar-refractivity contribution in [2.45, 2.75) is 25.7 Å². The summed E-state index contributed by atoms with van der Waals surface area (Å²) in [6.45, 7) is 1.38. The number of ether oxygens (including phenoxy) is 1. The van der Waals surface area contributed by atoms with Gasteiger partial charge in [-0.3, -0.25) is 4.79 Å². The SMILES string of the molecule is CNC(=O)CCOCCC1CC1. The van der Waals surface area contributed by atoms with Crippen molar-refractivity contribution in [3.63, 3.8) is 0 Å². The van der Waals surface area contributed by atoms with E-state index >= 15 is 0 Å². The first-order valence-corrected chi connectivity index (χ1v) is 4.61. The van der Waals surface area contributed by atoms with E-state index in [1.54, 1.807) is 7.05 Å². The summed E-state index contributed by atoms with van der Waals surface area (Å²) in [7, 11) is 1.65. The van der Waals surface area contributed by atoms with Crippen molar-refractivity contribution in [1.29, 1.82) is 0 Å². The van der Waals surface area contributed by atoms with Gasteiger partial charge in [-0.2, -0.15) is 0 Å². The summed E-state index contributed by atoms with van der Waals surface area (Å²) in [5, 5.41) is 2.56. The highest BCUT2D eigenvalue weighted by molar-refractivity contribution is 5.75. The Labute approximate surface area is 73.5 Å². The molecule has 0 saturated heterocycles. The van der Waals surface area contributed by atoms with Crippen LogP contribution in [0, 0.1) is 5.92 Å². The first-order valence-electron chi connectivity index (χ1n) is 4.61. The molecule has 1 aliphatic carbocycles. The number of carbonyl (C=O) groups is 1. The van der Waals surface area contributed by atoms with Gasteiger partial charge in [0.05, 0.1) is 6.61 Å². The summed E-state index contributed by atoms with van der Waals surface area (Å²) in [4.78, 5) is 10.7. The highest BCUT2D eigenvalue weighted by Gasteiger charge is 2.20. The fraction of sp³-hybridized carbons (Fsp3) is 0.889. The fourth-order valence-electron chi connectivity index (χ4n) is 1.05. The van der Waals surface area contributed by atoms with Crippen LogP contribution in [0.3, 0.4) is 0 Å². The first kappa shape index (κ1) is 9.52. The zero-order valence-electron chi connectivity index (χ0n) is 7.64. The molecule has 0 radical (unpaired) electrons. The van der Waals surface area contributed by atoms with Crippen molar-refractivity contribution in [1.82, 2.24) is 5.32 Å². The summed E-state index contributed by atoms with van der Waals surface area (Å²) < 4.78 is 5.30. The number of hydrogen-bond acceptors (Lipinski definition) is 2. The summed E-state index contributed by atoms with van der Waals surface area (Å²) in [5.41, 5.74) is 0. The van der Waals surface area contributed by atoms with Crippen LogP contribution in [-0.2, 0) is 9.53 Å². The van der Waals surface area contributed by atoms with E-state index in [0.717, 1.165) is 12.5 Å². The molecule has 0 aromatic carbocycles. The van der Waals surface area contributed by atoms with Crippen molar-refractivity contribution >= 4 is 5.91 Å². The number of rotatable bonds is 6. The maximum Gasteiger partial charge on any atom is 0.222 e. The largest absolute Gasteiger partial charge is 0.381 e. The Balaban J connectivity index is 1.78. The van der Waals surface area contributed by atoms with Crippen molar-refractivity contribution < 1.29 is 9.53 Å². The molecule has 0 aromatic rings. The number of nitrogens with one attached hydrogen (secondary N) is 1. The molecule has 0 atom stereocenters. The second kappa shape index (κ2) is 5.14. The van der Waals surface area contributed by atoms with Gasteiger partial charge < -0.3 is 10.1 Å². The molecular formula is C9H17NO2. The Morgan fingerprint density at radius 1 is 1.50 bits per heavy atom. The molecule has 1 fully saturated rings. The van der Waals surface area contributed by atoms with E-state index in [9.17, 15) is 4.79 Å². The number of carbonyl (C=O) groups excluding carboxylic acids is 1. The van der Waals surface area contributed by atoms with Gasteiger partial charge in [0.25, 0.3) is 0 Å². The molecule has 12 heavy (non-hydrogen) atoms. The molecule has 3 nitrogen and oxygen atoms in total. The lowest BCUT2D eigenvalue weighted by Gasteiger charge is -2.02. The smallest absolute Gasteiger partial charge is 0.222 e. The van der Waals surface area contributed by atoms with E-state index in [2.05, 4.69) is 5.32 Å². The molecule has 3 heteroatoms. The van der Waals surface area contributed by atoms with Gasteiger partial charge in [0, 0.05) is 20.1 Å². The van der Waals surface area contributed by atoms with Gasteiger partial charge in [-0.05, 0) is 12.3 Å². The Morgan fingerprint density at radius 2 is 2.25 bits per heavy atom. The predicted octanol–water partition coefficient (Wildman–Crippen LogP) is 0.939. The van der Waals surface area contributed by atoms with Crippen molar-refractivity contribution in [2.75, 3.05) is 20.3 Å². The van der Waals surface area contributed by atoms with Crippen LogP contribution in [0.5, 0.6) is 0 Å². The van der Waals surface area contributed by atoms with Gasteiger partial charge in [0.1, 0.15) is 0 Å². The Bertz CT molecular complexity index is 143. The molecule has 70 valence electrons. The van der Waals surface area contributed by atoms with Crippen LogP contribution in [0.15, 0.2) is 0 Å². The van der Waals surface area contributed by atoms with Crippen molar-refractivity contribution in [2.24, 2.45) is 5.92 Å². The highest BCUT2D eigenvalue weighted by Crippen LogP contribution is 2.31. The summed E-state index contributed by atoms with van der Waals surface area (Å²) >= 11 is 0. The summed E-state index contributed by atoms with van der Waals surface area (Å²) in [6, 6.07) is 0. The molecule has 1 aliphatic rings. The molecule has 0 heterocycles. The second-order valence-electron chi connectivity index (χ2n) is 3.27. The predicted molar refractivity (Wildman–Crippen MR) is 46.8 cm³/mol. The minimum Gasteiger partial charge on any atom is -0.381 e. The van der Waals surface area contributed by atoms with E-state index in [4.69, 9.17) is 4.74 Å². The molecule has 0 aromatic heterocycles. The zero-order valence-corrected chi connectivity index (χ0v) is 7.64. The Kier molecular flexibility index (Phi) is 4.08. The molecule has 0 aliphatic heterocycles. The molecule has 0 bridgehead atoms. The molecule has 1 saturated carbocycles. The number of hydrogen-bond donors (Lipinski definition) is 1. The van der Waals surface area contributed by atoms with E-state index in [0.29, 0.717) is 13.0 Å². The molecule has 0 unspecified atom stereocenters. The Morgan fingerprint density at radius 3 is 2.83 bits per heavy atom. The quantitative estimate of drug-likeness (QED) is 0.604. The third-order valence-corrected chi connectivity index (χ3v) is 2.12. The highest BCUT2D eigenvalue weighted by atomic mass is 16.5. The van der Waals surface area contributed by atoms with Gasteiger partial charge in [-0.15, -0.1) is 0 Å². The number of amides is 1. The van der Waals surface area contributed by atoms with Crippen molar-refractivity contribution in [3.8, 4) is 0 Å². The normalized spacial score (nSPS) is 16.1. The Hall–Kier alpha value is -0.570. The third kappa shape index (κ3) is 4.34. The van der Waals surface area contributed by atoms with Gasteiger partial charge in [-0.1, -0.05) is 12.8 Å². The minimum absolute atomic E-state index is 0.0569. The maximum atomic E-state index is 10.7. The topological polar surface area (TPSA) is 38.3 Å². The average Bonchev–Trinajstić information content (AvgIpc) is 2.87. The monoisotopic (exact) mass is 171 g/mol. The molecule has 1 N–H and O–H groups in total. The average molecular weight is 171 g/mol. The van der Waals surface area contributed by atoms with Crippen LogP contribution in [0.4, 0.5) is 0 Å². The second-order valence-corrected chi connectivity index (χ2v) is 3.27. The molecule has 1 amide bonds. The summed E-state index contributed by atoms with van der Waals surface area (Å²) in [6.07, 6.45) is 4.41. The van der Waals surface area contributed by atoms with E-state index in [1.807, 2.05) is 0 Å². The van der Waals surface area contributed by atoms with E-state index < -0.39 is 0 Å². The first-order chi connectivity index (χ1) is 5.83. The van der Waals surface area contributed by atoms with Crippen LogP contribution < -0.4 is 5.32 Å². The lowest BCUT2D eigenvalue weighted by molar-refractivity contribution is -0.121. The fourth-order valence-corrected chi connectivity index (χ4v) is 1.05. The van der Waals surface area contributed by atoms with Crippen LogP contribution in [0.25, 0.3) is 0 Å². The third-order valence-electron chi connectivity index (χ3n) is 2.12. The standard InChI is InChI=1S/C9H17NO2/c1-10-9(11)5-7-12-6-4-8-2-3-8/h8H,2-7H2,1H3,(H,10,11). The van der Waals surface area contributed by atoms with Crippen LogP contribution in [0.2, 0.25) is 0 Å². The van der Waals surface area contributed by atoms with Gasteiger partial charge in [-0.25, -0.2) is 0 Å². The van der Waals surface area contributed by atoms with E-state index in [1.165, 1.54) is 19.3 Å². The van der Waals surface area contributed by atoms with Crippen LogP contribution in [-0.4, -0.2) is 26.2 Å². The van der Waals surface area contributed by atoms with E-state index in [-0.39, 0.29) is 5.91 Å². The summed E-state index contributed by atoms with van der Waals surface area (Å²) in [5.74, 6) is 0.978. The molecule has 1 rings (SSSR count).